The zero-order chi connectivity index (χ0) is 21.5. The number of rotatable bonds is 3. The van der Waals surface area contributed by atoms with Crippen molar-refractivity contribution in [1.29, 1.82) is 0 Å². The van der Waals surface area contributed by atoms with Gasteiger partial charge >= 0.3 is 6.18 Å². The first-order chi connectivity index (χ1) is 14.2. The second-order valence-electron chi connectivity index (χ2n) is 7.72. The molecule has 3 aliphatic rings. The highest BCUT2D eigenvalue weighted by Gasteiger charge is 2.40. The molecule has 1 saturated heterocycles. The number of hydrogen-bond donors (Lipinski definition) is 0. The number of nitrogens with zero attached hydrogens (tertiary/aromatic N) is 3. The van der Waals surface area contributed by atoms with Gasteiger partial charge in [-0.05, 0) is 31.0 Å². The maximum atomic E-state index is 13.4. The van der Waals surface area contributed by atoms with Crippen molar-refractivity contribution in [2.24, 2.45) is 4.99 Å². The lowest BCUT2D eigenvalue weighted by Gasteiger charge is -2.30. The van der Waals surface area contributed by atoms with Gasteiger partial charge in [-0.2, -0.15) is 13.2 Å². The normalized spacial score (nSPS) is 22.0. The molecule has 0 radical (unpaired) electrons. The first-order valence-electron chi connectivity index (χ1n) is 9.89. The van der Waals surface area contributed by atoms with Crippen LogP contribution in [-0.2, 0) is 26.9 Å². The maximum Gasteiger partial charge on any atom is 0.416 e. The number of aliphatic imine (C=N–C) groups is 1. The number of morpholine rings is 1. The summed E-state index contributed by atoms with van der Waals surface area (Å²) in [5.41, 5.74) is 0.155. The molecule has 3 heterocycles. The van der Waals surface area contributed by atoms with Gasteiger partial charge in [-0.25, -0.2) is 4.99 Å². The Labute approximate surface area is 172 Å². The van der Waals surface area contributed by atoms with Gasteiger partial charge < -0.3 is 14.5 Å². The lowest BCUT2D eigenvalue weighted by Crippen LogP contribution is -2.38. The molecule has 0 bridgehead atoms. The zero-order valence-corrected chi connectivity index (χ0v) is 16.5. The molecule has 1 aromatic rings. The van der Waals surface area contributed by atoms with Crippen LogP contribution in [0.25, 0.3) is 0 Å². The van der Waals surface area contributed by atoms with Crippen LogP contribution in [0.5, 0.6) is 0 Å². The fourth-order valence-electron chi connectivity index (χ4n) is 4.23. The van der Waals surface area contributed by atoms with E-state index in [-0.39, 0.29) is 42.2 Å². The predicted octanol–water partition coefficient (Wildman–Crippen LogP) is 2.96. The van der Waals surface area contributed by atoms with Crippen molar-refractivity contribution in [1.82, 2.24) is 4.90 Å². The standard InChI is InChI=1S/C21H22F3N3O3/c1-13-9-16-17(21(22,23)24)3-2-4-18(16)27(13)20(29)11-14-10-15(28)12-19(25-14)26-5-7-30-8-6-26/h2-4,12-13H,5-11H2,1H3/t13-/m1/s1. The molecule has 4 rings (SSSR count). The van der Waals surface area contributed by atoms with E-state index in [1.165, 1.54) is 17.0 Å². The minimum Gasteiger partial charge on any atom is -0.378 e. The van der Waals surface area contributed by atoms with Crippen molar-refractivity contribution in [3.05, 3.63) is 41.2 Å². The summed E-state index contributed by atoms with van der Waals surface area (Å²) >= 11 is 0. The number of carbonyl (C=O) groups excluding carboxylic acids is 2. The molecular formula is C21H22F3N3O3. The van der Waals surface area contributed by atoms with Gasteiger partial charge in [-0.15, -0.1) is 0 Å². The Morgan fingerprint density at radius 2 is 2.00 bits per heavy atom. The molecule has 1 atom stereocenters. The van der Waals surface area contributed by atoms with E-state index in [0.717, 1.165) is 6.07 Å². The zero-order valence-electron chi connectivity index (χ0n) is 16.5. The summed E-state index contributed by atoms with van der Waals surface area (Å²) in [5.74, 6) is 0.0328. The molecule has 1 aromatic carbocycles. The Balaban J connectivity index is 1.56. The smallest absolute Gasteiger partial charge is 0.378 e. The molecule has 1 amide bonds. The van der Waals surface area contributed by atoms with E-state index < -0.39 is 17.8 Å². The fraction of sp³-hybridized carbons (Fsp3) is 0.476. The summed E-state index contributed by atoms with van der Waals surface area (Å²) in [7, 11) is 0. The monoisotopic (exact) mass is 421 g/mol. The van der Waals surface area contributed by atoms with Gasteiger partial charge in [0.05, 0.1) is 25.2 Å². The molecule has 0 spiro atoms. The minimum absolute atomic E-state index is 0.0389. The molecule has 9 heteroatoms. The summed E-state index contributed by atoms with van der Waals surface area (Å²) in [6, 6.07) is 3.51. The molecule has 1 fully saturated rings. The number of hydrogen-bond acceptors (Lipinski definition) is 5. The first-order valence-corrected chi connectivity index (χ1v) is 9.89. The SMILES string of the molecule is C[C@@H]1Cc2c(cccc2C(F)(F)F)N1C(=O)CC1=NC(N2CCOCC2)=CC(=O)C1. The quantitative estimate of drug-likeness (QED) is 0.753. The van der Waals surface area contributed by atoms with Crippen LogP contribution in [0.4, 0.5) is 18.9 Å². The molecular weight excluding hydrogens is 399 g/mol. The molecule has 30 heavy (non-hydrogen) atoms. The third-order valence-corrected chi connectivity index (χ3v) is 5.56. The summed E-state index contributed by atoms with van der Waals surface area (Å²) in [6.45, 7) is 4.03. The molecule has 6 nitrogen and oxygen atoms in total. The lowest BCUT2D eigenvalue weighted by atomic mass is 10.0. The Morgan fingerprint density at radius 1 is 1.27 bits per heavy atom. The number of alkyl halides is 3. The number of amides is 1. The van der Waals surface area contributed by atoms with Crippen LogP contribution >= 0.6 is 0 Å². The summed E-state index contributed by atoms with van der Waals surface area (Å²) in [4.78, 5) is 33.1. The Morgan fingerprint density at radius 3 is 2.70 bits per heavy atom. The van der Waals surface area contributed by atoms with E-state index in [0.29, 0.717) is 37.8 Å². The average molecular weight is 421 g/mol. The topological polar surface area (TPSA) is 62.2 Å². The Kier molecular flexibility index (Phi) is 5.40. The molecule has 0 aromatic heterocycles. The van der Waals surface area contributed by atoms with Crippen LogP contribution in [0, 0.1) is 0 Å². The number of ketones is 1. The molecule has 0 aliphatic carbocycles. The maximum absolute atomic E-state index is 13.4. The van der Waals surface area contributed by atoms with Gasteiger partial charge in [0.1, 0.15) is 5.82 Å². The number of ether oxygens (including phenoxy) is 1. The summed E-state index contributed by atoms with van der Waals surface area (Å²) < 4.78 is 45.4. The number of allylic oxidation sites excluding steroid dienone is 1. The molecule has 0 N–H and O–H groups in total. The van der Waals surface area contributed by atoms with E-state index in [4.69, 9.17) is 4.74 Å². The highest BCUT2D eigenvalue weighted by atomic mass is 19.4. The van der Waals surface area contributed by atoms with Crippen LogP contribution in [0.15, 0.2) is 35.1 Å². The summed E-state index contributed by atoms with van der Waals surface area (Å²) in [6.07, 6.45) is -2.92. The van der Waals surface area contributed by atoms with Crippen molar-refractivity contribution in [2.75, 3.05) is 31.2 Å². The minimum atomic E-state index is -4.47. The Bertz CT molecular complexity index is 933. The van der Waals surface area contributed by atoms with Crippen LogP contribution in [0.1, 0.15) is 30.9 Å². The number of halogens is 3. The number of anilines is 1. The van der Waals surface area contributed by atoms with Gasteiger partial charge in [-0.3, -0.25) is 9.59 Å². The second-order valence-corrected chi connectivity index (χ2v) is 7.72. The fourth-order valence-corrected chi connectivity index (χ4v) is 4.23. The van der Waals surface area contributed by atoms with Crippen LogP contribution in [0.2, 0.25) is 0 Å². The second kappa shape index (κ2) is 7.86. The molecule has 160 valence electrons. The van der Waals surface area contributed by atoms with Crippen LogP contribution in [-0.4, -0.2) is 54.6 Å². The van der Waals surface area contributed by atoms with E-state index >= 15 is 0 Å². The number of carbonyl (C=O) groups is 2. The summed E-state index contributed by atoms with van der Waals surface area (Å²) in [5, 5.41) is 0. The van der Waals surface area contributed by atoms with Crippen molar-refractivity contribution < 1.29 is 27.5 Å². The largest absolute Gasteiger partial charge is 0.416 e. The van der Waals surface area contributed by atoms with Crippen molar-refractivity contribution in [3.63, 3.8) is 0 Å². The van der Waals surface area contributed by atoms with Crippen molar-refractivity contribution in [3.8, 4) is 0 Å². The van der Waals surface area contributed by atoms with Gasteiger partial charge in [0.15, 0.2) is 5.78 Å². The Hall–Kier alpha value is -2.68. The van der Waals surface area contributed by atoms with Crippen LogP contribution < -0.4 is 4.90 Å². The van der Waals surface area contributed by atoms with Gasteiger partial charge in [0.25, 0.3) is 0 Å². The van der Waals surface area contributed by atoms with E-state index in [9.17, 15) is 22.8 Å². The molecule has 3 aliphatic heterocycles. The van der Waals surface area contributed by atoms with Gasteiger partial charge in [0, 0.05) is 43.0 Å². The van der Waals surface area contributed by atoms with Crippen molar-refractivity contribution in [2.45, 2.75) is 38.4 Å². The van der Waals surface area contributed by atoms with E-state index in [1.807, 2.05) is 4.90 Å². The van der Waals surface area contributed by atoms with E-state index in [2.05, 4.69) is 4.99 Å². The number of fused-ring (bicyclic) bond motifs is 1. The lowest BCUT2D eigenvalue weighted by molar-refractivity contribution is -0.138. The van der Waals surface area contributed by atoms with Crippen molar-refractivity contribution >= 4 is 23.1 Å². The predicted molar refractivity (Wildman–Crippen MR) is 104 cm³/mol. The highest BCUT2D eigenvalue weighted by Crippen LogP contribution is 2.41. The first kappa shape index (κ1) is 20.6. The average Bonchev–Trinajstić information content (AvgIpc) is 3.03. The van der Waals surface area contributed by atoms with E-state index in [1.54, 1.807) is 13.0 Å². The third-order valence-electron chi connectivity index (χ3n) is 5.56. The molecule has 0 saturated carbocycles. The number of benzene rings is 1. The highest BCUT2D eigenvalue weighted by molar-refractivity contribution is 6.16. The van der Waals surface area contributed by atoms with Gasteiger partial charge in [0.2, 0.25) is 5.91 Å². The van der Waals surface area contributed by atoms with Crippen LogP contribution in [0.3, 0.4) is 0 Å². The molecule has 0 unspecified atom stereocenters. The van der Waals surface area contributed by atoms with Gasteiger partial charge in [-0.1, -0.05) is 6.07 Å². The third kappa shape index (κ3) is 3.98.